The zero-order valence-corrected chi connectivity index (χ0v) is 21.4. The number of nitrogens with zero attached hydrogens (tertiary/aromatic N) is 5. The molecule has 2 aromatic rings. The second kappa shape index (κ2) is 12.2. The van der Waals surface area contributed by atoms with E-state index in [0.29, 0.717) is 17.5 Å². The van der Waals surface area contributed by atoms with Crippen molar-refractivity contribution in [1.29, 1.82) is 0 Å². The van der Waals surface area contributed by atoms with Gasteiger partial charge in [0.15, 0.2) is 5.82 Å². The molecule has 2 N–H and O–H groups in total. The summed E-state index contributed by atoms with van der Waals surface area (Å²) in [7, 11) is 6.62. The minimum atomic E-state index is -5.06. The van der Waals surface area contributed by atoms with Gasteiger partial charge in [-0.25, -0.2) is 15.0 Å². The predicted octanol–water partition coefficient (Wildman–Crippen LogP) is 2.66. The van der Waals surface area contributed by atoms with E-state index in [-0.39, 0.29) is 23.4 Å². The number of carbonyl (C=O) groups excluding carboxylic acids is 1. The van der Waals surface area contributed by atoms with E-state index in [1.54, 1.807) is 40.6 Å². The van der Waals surface area contributed by atoms with Crippen LogP contribution in [-0.2, 0) is 14.3 Å². The molecule has 0 radical (unpaired) electrons. The van der Waals surface area contributed by atoms with Gasteiger partial charge in [-0.3, -0.25) is 10.1 Å². The van der Waals surface area contributed by atoms with Crippen molar-refractivity contribution in [2.45, 2.75) is 43.4 Å². The second-order valence-electron chi connectivity index (χ2n) is 7.81. The third-order valence-electron chi connectivity index (χ3n) is 4.90. The fraction of sp³-hybridized carbons (Fsp3) is 0.524. The number of aromatic nitrogens is 3. The summed E-state index contributed by atoms with van der Waals surface area (Å²) >= 11 is 0. The summed E-state index contributed by atoms with van der Waals surface area (Å²) in [6.45, 7) is 1.64. The van der Waals surface area contributed by atoms with Crippen molar-refractivity contribution < 1.29 is 32.5 Å². The lowest BCUT2D eigenvalue weighted by atomic mass is 10.2. The van der Waals surface area contributed by atoms with Gasteiger partial charge in [-0.15, -0.1) is 0 Å². The molecular formula is C21H25F3N6O4S2. The zero-order valence-electron chi connectivity index (χ0n) is 19.8. The van der Waals surface area contributed by atoms with Gasteiger partial charge in [-0.05, 0) is 19.1 Å². The largest absolute Gasteiger partial charge is 0.472 e. The maximum Gasteiger partial charge on any atom is 0.472 e. The third kappa shape index (κ3) is 6.83. The Morgan fingerprint density at radius 2 is 2.25 bits per heavy atom. The summed E-state index contributed by atoms with van der Waals surface area (Å²) in [5.41, 5.74) is 0.464. The molecule has 10 nitrogen and oxygen atoms in total. The molecule has 0 aliphatic carbocycles. The second-order valence-corrected chi connectivity index (χ2v) is 10.6. The predicted molar refractivity (Wildman–Crippen MR) is 131 cm³/mol. The first-order valence-electron chi connectivity index (χ1n) is 10.6. The smallest absolute Gasteiger partial charge is 0.394 e. The number of alkyl halides is 3. The van der Waals surface area contributed by atoms with Crippen LogP contribution in [0, 0.1) is 12.0 Å². The number of carbonyl (C=O) groups is 1. The van der Waals surface area contributed by atoms with E-state index in [1.165, 1.54) is 28.8 Å². The Bertz CT molecular complexity index is 1160. The Balaban J connectivity index is 2.01. The van der Waals surface area contributed by atoms with Crippen LogP contribution in [0.25, 0.3) is 11.0 Å². The summed E-state index contributed by atoms with van der Waals surface area (Å²) in [5, 5.41) is 11.7. The van der Waals surface area contributed by atoms with E-state index in [9.17, 15) is 23.1 Å². The maximum atomic E-state index is 12.5. The average Bonchev–Trinajstić information content (AvgIpc) is 3.38. The normalized spacial score (nSPS) is 20.9. The highest BCUT2D eigenvalue weighted by Gasteiger charge is 2.39. The molecule has 1 amide bonds. The van der Waals surface area contributed by atoms with Gasteiger partial charge < -0.3 is 24.0 Å². The topological polar surface area (TPSA) is 114 Å². The summed E-state index contributed by atoms with van der Waals surface area (Å²) in [6.07, 6.45) is -0.00499. The van der Waals surface area contributed by atoms with Crippen molar-refractivity contribution in [2.75, 3.05) is 27.0 Å². The van der Waals surface area contributed by atoms with Gasteiger partial charge >= 0.3 is 12.1 Å². The van der Waals surface area contributed by atoms with Crippen LogP contribution in [0.1, 0.15) is 25.1 Å². The van der Waals surface area contributed by atoms with E-state index in [4.69, 9.17) is 9.47 Å². The number of hydrogen-bond donors (Lipinski definition) is 2. The fourth-order valence-corrected chi connectivity index (χ4v) is 4.87. The Hall–Kier alpha value is -2.51. The average molecular weight is 547 g/mol. The van der Waals surface area contributed by atoms with Gasteiger partial charge in [0, 0.05) is 32.8 Å². The van der Waals surface area contributed by atoms with Crippen LogP contribution < -0.4 is 5.32 Å². The Morgan fingerprint density at radius 3 is 2.89 bits per heavy atom. The number of halogens is 3. The van der Waals surface area contributed by atoms with Crippen molar-refractivity contribution in [3.8, 4) is 12.0 Å². The van der Waals surface area contributed by atoms with Crippen LogP contribution in [0.15, 0.2) is 17.5 Å². The number of nitrogens with one attached hydrogen (secondary N) is 1. The van der Waals surface area contributed by atoms with E-state index in [0.717, 1.165) is 0 Å². The molecule has 1 aliphatic heterocycles. The minimum Gasteiger partial charge on any atom is -0.394 e. The molecule has 1 fully saturated rings. The van der Waals surface area contributed by atoms with Crippen LogP contribution in [0.5, 0.6) is 0 Å². The maximum absolute atomic E-state index is 12.5. The van der Waals surface area contributed by atoms with Crippen molar-refractivity contribution >= 4 is 50.7 Å². The molecule has 36 heavy (non-hydrogen) atoms. The van der Waals surface area contributed by atoms with Gasteiger partial charge in [0.2, 0.25) is 0 Å². The van der Waals surface area contributed by atoms with Crippen molar-refractivity contribution in [1.82, 2.24) is 24.8 Å². The van der Waals surface area contributed by atoms with Crippen LogP contribution in [0.3, 0.4) is 0 Å². The monoisotopic (exact) mass is 546 g/mol. The number of aliphatic imine (C=N–C) groups is 1. The molecule has 3 heterocycles. The Kier molecular flexibility index (Phi) is 9.47. The summed E-state index contributed by atoms with van der Waals surface area (Å²) in [6, 6.07) is 2.05. The lowest BCUT2D eigenvalue weighted by Crippen LogP contribution is -2.33. The molecule has 15 heteroatoms. The number of hydrogen-bond acceptors (Lipinski definition) is 9. The van der Waals surface area contributed by atoms with Crippen LogP contribution in [-0.4, -0.2) is 87.6 Å². The highest BCUT2D eigenvalue weighted by molar-refractivity contribution is 8.76. The number of amides is 1. The molecule has 1 saturated heterocycles. The van der Waals surface area contributed by atoms with Crippen LogP contribution >= 0.6 is 21.6 Å². The first-order chi connectivity index (χ1) is 17.0. The van der Waals surface area contributed by atoms with Gasteiger partial charge in [-0.1, -0.05) is 21.6 Å². The van der Waals surface area contributed by atoms with Crippen molar-refractivity contribution in [2.24, 2.45) is 4.99 Å². The van der Waals surface area contributed by atoms with E-state index >= 15 is 0 Å². The number of aliphatic hydroxyl groups excluding tert-OH is 1. The third-order valence-corrected chi connectivity index (χ3v) is 6.86. The molecule has 2 aromatic heterocycles. The molecule has 0 spiro atoms. The standard InChI is InChI=1S/C21H25F3N6O4S2/c1-12(36-35-4)33-14-7-16(34-15(14)9-31)30-8-13(5-6-25-20(32)21(22,23)24)17-18(28-11-29(2)3)26-10-27-19(17)30/h8,10-12,14-16,31H,7,9H2,1-4H3,(H,25,32)/b28-11+/t12-,14-,15?,16-/m1/s1. The molecule has 196 valence electrons. The Labute approximate surface area is 213 Å². The molecule has 0 aromatic carbocycles. The quantitative estimate of drug-likeness (QED) is 0.129. The molecular weight excluding hydrogens is 521 g/mol. The molecule has 0 saturated carbocycles. The van der Waals surface area contributed by atoms with Gasteiger partial charge in [0.05, 0.1) is 30.0 Å². The minimum absolute atomic E-state index is 0.143. The fourth-order valence-electron chi connectivity index (χ4n) is 3.46. The molecule has 1 unspecified atom stereocenters. The van der Waals surface area contributed by atoms with Gasteiger partial charge in [-0.2, -0.15) is 13.2 Å². The number of aliphatic hydroxyl groups is 1. The highest BCUT2D eigenvalue weighted by atomic mass is 33.1. The lowest BCUT2D eigenvalue weighted by molar-refractivity contribution is -0.172. The summed E-state index contributed by atoms with van der Waals surface area (Å²) in [5.74, 6) is 0.588. The van der Waals surface area contributed by atoms with Gasteiger partial charge in [0.25, 0.3) is 0 Å². The van der Waals surface area contributed by atoms with E-state index in [1.807, 2.05) is 13.2 Å². The Morgan fingerprint density at radius 1 is 1.50 bits per heavy atom. The summed E-state index contributed by atoms with van der Waals surface area (Å²) < 4.78 is 51.4. The van der Waals surface area contributed by atoms with Crippen LogP contribution in [0.2, 0.25) is 0 Å². The first kappa shape index (κ1) is 28.1. The SMILES string of the molecule is CSS[C@H](C)O[C@@H]1C[C@H](n2cc(C#CNC(=O)C(F)(F)F)c3c(/N=C/N(C)C)ncnc32)OC1CO. The summed E-state index contributed by atoms with van der Waals surface area (Å²) in [4.78, 5) is 25.6. The number of fused-ring (bicyclic) bond motifs is 1. The van der Waals surface area contributed by atoms with E-state index < -0.39 is 30.5 Å². The molecule has 3 rings (SSSR count). The molecule has 1 aliphatic rings. The van der Waals surface area contributed by atoms with Crippen molar-refractivity contribution in [3.63, 3.8) is 0 Å². The lowest BCUT2D eigenvalue weighted by Gasteiger charge is -2.20. The van der Waals surface area contributed by atoms with Crippen LogP contribution in [0.4, 0.5) is 19.0 Å². The first-order valence-corrected chi connectivity index (χ1v) is 13.2. The van der Waals surface area contributed by atoms with Crippen molar-refractivity contribution in [3.05, 3.63) is 18.1 Å². The number of rotatable bonds is 8. The van der Waals surface area contributed by atoms with E-state index in [2.05, 4.69) is 26.9 Å². The number of ether oxygens (including phenoxy) is 2. The zero-order chi connectivity index (χ0) is 26.5. The highest BCUT2D eigenvalue weighted by Crippen LogP contribution is 2.38. The molecule has 0 bridgehead atoms. The van der Waals surface area contributed by atoms with Gasteiger partial charge in [0.1, 0.15) is 29.7 Å². The molecule has 4 atom stereocenters.